The number of piperidine rings is 1. The Balaban J connectivity index is 0.000000963. The molecule has 2 saturated heterocycles. The summed E-state index contributed by atoms with van der Waals surface area (Å²) >= 11 is 5.77. The first-order chi connectivity index (χ1) is 7.28. The van der Waals surface area contributed by atoms with Crippen LogP contribution in [0.3, 0.4) is 0 Å². The van der Waals surface area contributed by atoms with Gasteiger partial charge in [0.05, 0.1) is 5.69 Å². The smallest absolute Gasteiger partial charge is 0.151 e. The molecule has 2 aliphatic heterocycles. The molecule has 0 saturated carbocycles. The second kappa shape index (κ2) is 4.47. The lowest BCUT2D eigenvalue weighted by molar-refractivity contribution is 0.239. The van der Waals surface area contributed by atoms with Gasteiger partial charge in [0.15, 0.2) is 5.15 Å². The van der Waals surface area contributed by atoms with E-state index in [0.717, 1.165) is 12.2 Å². The minimum absolute atomic E-state index is 0. The van der Waals surface area contributed by atoms with E-state index < -0.39 is 0 Å². The van der Waals surface area contributed by atoms with E-state index in [-0.39, 0.29) is 17.8 Å². The van der Waals surface area contributed by atoms with Gasteiger partial charge in [0.1, 0.15) is 0 Å². The molecule has 1 aromatic rings. The van der Waals surface area contributed by atoms with Crippen molar-refractivity contribution in [3.8, 4) is 0 Å². The van der Waals surface area contributed by atoms with Crippen LogP contribution >= 0.6 is 24.0 Å². The molecule has 0 amide bonds. The third kappa shape index (κ3) is 1.92. The molecule has 2 bridgehead atoms. The summed E-state index contributed by atoms with van der Waals surface area (Å²) in [5.41, 5.74) is 1.41. The Kier molecular flexibility index (Phi) is 3.38. The predicted octanol–water partition coefficient (Wildman–Crippen LogP) is 2.29. The Labute approximate surface area is 107 Å². The van der Waals surface area contributed by atoms with Gasteiger partial charge in [0.25, 0.3) is 0 Å². The lowest BCUT2D eigenvalue weighted by Gasteiger charge is -2.32. The second-order valence-electron chi connectivity index (χ2n) is 4.65. The average molecular weight is 260 g/mol. The highest BCUT2D eigenvalue weighted by Gasteiger charge is 2.43. The molecule has 1 aromatic heterocycles. The molecule has 2 unspecified atom stereocenters. The first kappa shape index (κ1) is 12.1. The summed E-state index contributed by atoms with van der Waals surface area (Å²) in [7, 11) is 0. The van der Waals surface area contributed by atoms with Gasteiger partial charge in [-0.2, -0.15) is 5.10 Å². The largest absolute Gasteiger partial charge is 0.302 e. The average Bonchev–Trinajstić information content (AvgIpc) is 2.56. The summed E-state index contributed by atoms with van der Waals surface area (Å²) in [5, 5.41) is 8.71. The molecule has 2 aliphatic rings. The van der Waals surface area contributed by atoms with Crippen molar-refractivity contribution in [2.75, 3.05) is 19.6 Å². The van der Waals surface area contributed by atoms with Crippen molar-refractivity contribution in [1.29, 1.82) is 0 Å². The summed E-state index contributed by atoms with van der Waals surface area (Å²) in [4.78, 5) is 2.53. The highest BCUT2D eigenvalue weighted by molar-refractivity contribution is 6.29. The van der Waals surface area contributed by atoms with Gasteiger partial charge in [-0.1, -0.05) is 11.6 Å². The van der Waals surface area contributed by atoms with Crippen molar-refractivity contribution in [2.45, 2.75) is 24.7 Å². The van der Waals surface area contributed by atoms with Crippen LogP contribution in [0.4, 0.5) is 0 Å². The van der Waals surface area contributed by atoms with E-state index in [0.29, 0.717) is 5.15 Å². The zero-order valence-electron chi connectivity index (χ0n) is 9.03. The molecule has 3 nitrogen and oxygen atoms in total. The summed E-state index contributed by atoms with van der Waals surface area (Å²) in [6.07, 6.45) is 3.76. The number of hydrogen-bond acceptors (Lipinski definition) is 3. The number of hydrogen-bond donors (Lipinski definition) is 0. The molecule has 0 aliphatic carbocycles. The van der Waals surface area contributed by atoms with Crippen molar-refractivity contribution in [2.24, 2.45) is 0 Å². The minimum Gasteiger partial charge on any atom is -0.302 e. The highest BCUT2D eigenvalue weighted by Crippen LogP contribution is 2.40. The van der Waals surface area contributed by atoms with Crippen LogP contribution in [-0.2, 0) is 5.41 Å². The maximum atomic E-state index is 5.77. The van der Waals surface area contributed by atoms with Gasteiger partial charge < -0.3 is 4.90 Å². The summed E-state index contributed by atoms with van der Waals surface area (Å²) in [5.74, 6) is 0. The molecular formula is C11H15Cl2N3. The summed E-state index contributed by atoms with van der Waals surface area (Å²) in [6.45, 7) is 3.62. The van der Waals surface area contributed by atoms with Crippen molar-refractivity contribution < 1.29 is 0 Å². The van der Waals surface area contributed by atoms with Crippen LogP contribution in [-0.4, -0.2) is 34.7 Å². The second-order valence-corrected chi connectivity index (χ2v) is 5.04. The van der Waals surface area contributed by atoms with Gasteiger partial charge in [0.2, 0.25) is 0 Å². The number of fused-ring (bicyclic) bond motifs is 2. The zero-order valence-corrected chi connectivity index (χ0v) is 10.6. The Hall–Kier alpha value is -0.380. The Bertz CT molecular complexity index is 364. The van der Waals surface area contributed by atoms with Crippen molar-refractivity contribution >= 4 is 24.0 Å². The van der Waals surface area contributed by atoms with Gasteiger partial charge in [-0.05, 0) is 44.5 Å². The monoisotopic (exact) mass is 259 g/mol. The standard InChI is InChI=1S/C11H14ClN3.ClH/c12-10-3-2-9(13-14-10)11-4-1-6-15(8-11)7-5-11;/h2-3H,1,4-8H2;1H. The SMILES string of the molecule is Cl.Clc1ccc(C23CCCN(CC2)C3)nn1. The van der Waals surface area contributed by atoms with E-state index >= 15 is 0 Å². The molecule has 0 radical (unpaired) electrons. The fourth-order valence-corrected chi connectivity index (χ4v) is 3.03. The van der Waals surface area contributed by atoms with Crippen LogP contribution in [0.2, 0.25) is 5.15 Å². The van der Waals surface area contributed by atoms with E-state index in [1.54, 1.807) is 0 Å². The van der Waals surface area contributed by atoms with Gasteiger partial charge in [0, 0.05) is 12.0 Å². The molecule has 16 heavy (non-hydrogen) atoms. The van der Waals surface area contributed by atoms with Crippen molar-refractivity contribution in [1.82, 2.24) is 15.1 Å². The van der Waals surface area contributed by atoms with E-state index in [4.69, 9.17) is 11.6 Å². The molecule has 2 atom stereocenters. The zero-order chi connectivity index (χ0) is 10.3. The van der Waals surface area contributed by atoms with Gasteiger partial charge in [-0.25, -0.2) is 0 Å². The van der Waals surface area contributed by atoms with Gasteiger partial charge in [-0.3, -0.25) is 0 Å². The molecule has 2 fully saturated rings. The molecular weight excluding hydrogens is 245 g/mol. The third-order valence-corrected chi connectivity index (χ3v) is 3.94. The quantitative estimate of drug-likeness (QED) is 0.775. The normalized spacial score (nSPS) is 32.2. The van der Waals surface area contributed by atoms with E-state index in [9.17, 15) is 0 Å². The number of aromatic nitrogens is 2. The molecule has 0 spiro atoms. The fourth-order valence-electron chi connectivity index (χ4n) is 2.93. The molecule has 0 N–H and O–H groups in total. The van der Waals surface area contributed by atoms with Gasteiger partial charge in [-0.15, -0.1) is 17.5 Å². The van der Waals surface area contributed by atoms with Crippen LogP contribution < -0.4 is 0 Å². The first-order valence-corrected chi connectivity index (χ1v) is 5.88. The summed E-state index contributed by atoms with van der Waals surface area (Å²) in [6, 6.07) is 3.90. The number of halogens is 2. The molecule has 5 heteroatoms. The lowest BCUT2D eigenvalue weighted by Crippen LogP contribution is -2.37. The predicted molar refractivity (Wildman–Crippen MR) is 66.3 cm³/mol. The Morgan fingerprint density at radius 3 is 2.81 bits per heavy atom. The van der Waals surface area contributed by atoms with E-state index in [1.807, 2.05) is 12.1 Å². The fraction of sp³-hybridized carbons (Fsp3) is 0.636. The Morgan fingerprint density at radius 2 is 2.06 bits per heavy atom. The molecule has 3 rings (SSSR count). The molecule has 3 heterocycles. The van der Waals surface area contributed by atoms with E-state index in [2.05, 4.69) is 15.1 Å². The van der Waals surface area contributed by atoms with Crippen molar-refractivity contribution in [3.05, 3.63) is 23.0 Å². The number of nitrogens with zero attached hydrogens (tertiary/aromatic N) is 3. The van der Waals surface area contributed by atoms with Crippen LogP contribution in [0.5, 0.6) is 0 Å². The highest BCUT2D eigenvalue weighted by atomic mass is 35.5. The topological polar surface area (TPSA) is 29.0 Å². The molecule has 88 valence electrons. The van der Waals surface area contributed by atoms with Crippen LogP contribution in [0, 0.1) is 0 Å². The Morgan fingerprint density at radius 1 is 1.19 bits per heavy atom. The maximum Gasteiger partial charge on any atom is 0.151 e. The van der Waals surface area contributed by atoms with Crippen molar-refractivity contribution in [3.63, 3.8) is 0 Å². The molecule has 0 aromatic carbocycles. The van der Waals surface area contributed by atoms with Crippen LogP contribution in [0.1, 0.15) is 25.0 Å². The van der Waals surface area contributed by atoms with Gasteiger partial charge >= 0.3 is 0 Å². The summed E-state index contributed by atoms with van der Waals surface area (Å²) < 4.78 is 0. The minimum atomic E-state index is 0. The maximum absolute atomic E-state index is 5.77. The number of rotatable bonds is 1. The van der Waals surface area contributed by atoms with Crippen LogP contribution in [0.25, 0.3) is 0 Å². The van der Waals surface area contributed by atoms with Crippen LogP contribution in [0.15, 0.2) is 12.1 Å². The van der Waals surface area contributed by atoms with E-state index in [1.165, 1.54) is 32.4 Å². The lowest BCUT2D eigenvalue weighted by atomic mass is 9.78. The first-order valence-electron chi connectivity index (χ1n) is 5.51. The third-order valence-electron chi connectivity index (χ3n) is 3.74.